The molecule has 3 aromatic rings. The summed E-state index contributed by atoms with van der Waals surface area (Å²) in [7, 11) is -3.56. The summed E-state index contributed by atoms with van der Waals surface area (Å²) >= 11 is 3.31. The molecule has 9 heteroatoms. The standard InChI is InChI=1S/C18H17BrN4O3S/c19-14-4-6-15(7-5-14)27(25,26)23-10-8-22(9-11-23)18(24)16-3-1-2-13-12-20-21-17(13)16/h1-7,12H,8-11H2,(H,20,21). The largest absolute Gasteiger partial charge is 0.336 e. The number of nitrogens with zero attached hydrogens (tertiary/aromatic N) is 3. The number of fused-ring (bicyclic) bond motifs is 1. The van der Waals surface area contributed by atoms with Crippen molar-refractivity contribution in [2.24, 2.45) is 0 Å². The number of carbonyl (C=O) groups is 1. The number of carbonyl (C=O) groups excluding carboxylic acids is 1. The van der Waals surface area contributed by atoms with Gasteiger partial charge in [0.2, 0.25) is 10.0 Å². The van der Waals surface area contributed by atoms with Crippen molar-refractivity contribution >= 4 is 42.8 Å². The lowest BCUT2D eigenvalue weighted by atomic mass is 10.1. The number of halogens is 1. The maximum Gasteiger partial charge on any atom is 0.256 e. The molecule has 1 amide bonds. The van der Waals surface area contributed by atoms with Crippen LogP contribution in [0.25, 0.3) is 10.9 Å². The SMILES string of the molecule is O=C(c1cccc2cn[nH]c12)N1CCN(S(=O)(=O)c2ccc(Br)cc2)CC1. The van der Waals surface area contributed by atoms with Crippen LogP contribution >= 0.6 is 15.9 Å². The Balaban J connectivity index is 1.49. The van der Waals surface area contributed by atoms with E-state index in [0.717, 1.165) is 9.86 Å². The normalized spacial score (nSPS) is 16.0. The van der Waals surface area contributed by atoms with Crippen molar-refractivity contribution in [3.63, 3.8) is 0 Å². The van der Waals surface area contributed by atoms with E-state index in [2.05, 4.69) is 26.1 Å². The van der Waals surface area contributed by atoms with Crippen LogP contribution in [0.5, 0.6) is 0 Å². The van der Waals surface area contributed by atoms with Crippen LogP contribution in [-0.4, -0.2) is 59.9 Å². The van der Waals surface area contributed by atoms with E-state index < -0.39 is 10.0 Å². The van der Waals surface area contributed by atoms with Crippen LogP contribution in [-0.2, 0) is 10.0 Å². The third kappa shape index (κ3) is 3.38. The van der Waals surface area contributed by atoms with E-state index in [4.69, 9.17) is 0 Å². The van der Waals surface area contributed by atoms with E-state index in [1.807, 2.05) is 12.1 Å². The Morgan fingerprint density at radius 2 is 1.74 bits per heavy atom. The Labute approximate surface area is 165 Å². The number of amides is 1. The molecule has 0 aliphatic carbocycles. The number of rotatable bonds is 3. The van der Waals surface area contributed by atoms with Gasteiger partial charge in [-0.3, -0.25) is 9.89 Å². The van der Waals surface area contributed by atoms with Crippen molar-refractivity contribution in [3.8, 4) is 0 Å². The van der Waals surface area contributed by atoms with Crippen LogP contribution in [0.3, 0.4) is 0 Å². The predicted molar refractivity (Wildman–Crippen MR) is 105 cm³/mol. The van der Waals surface area contributed by atoms with E-state index in [1.165, 1.54) is 4.31 Å². The molecule has 1 aliphatic rings. The van der Waals surface area contributed by atoms with Gasteiger partial charge in [0.05, 0.1) is 22.2 Å². The molecule has 1 fully saturated rings. The monoisotopic (exact) mass is 448 g/mol. The fourth-order valence-electron chi connectivity index (χ4n) is 3.20. The van der Waals surface area contributed by atoms with Gasteiger partial charge >= 0.3 is 0 Å². The van der Waals surface area contributed by atoms with Crippen LogP contribution < -0.4 is 0 Å². The summed E-state index contributed by atoms with van der Waals surface area (Å²) in [5.41, 5.74) is 1.25. The molecule has 0 unspecified atom stereocenters. The number of sulfonamides is 1. The van der Waals surface area contributed by atoms with Crippen molar-refractivity contribution < 1.29 is 13.2 Å². The average molecular weight is 449 g/mol. The van der Waals surface area contributed by atoms with Gasteiger partial charge in [-0.2, -0.15) is 9.40 Å². The van der Waals surface area contributed by atoms with Crippen molar-refractivity contribution in [2.75, 3.05) is 26.2 Å². The van der Waals surface area contributed by atoms with E-state index in [1.54, 1.807) is 41.4 Å². The summed E-state index contributed by atoms with van der Waals surface area (Å²) in [5, 5.41) is 7.72. The lowest BCUT2D eigenvalue weighted by Gasteiger charge is -2.34. The first-order valence-electron chi connectivity index (χ1n) is 8.44. The van der Waals surface area contributed by atoms with Crippen molar-refractivity contribution in [3.05, 3.63) is 58.7 Å². The maximum atomic E-state index is 12.9. The Kier molecular flexibility index (Phi) is 4.75. The van der Waals surface area contributed by atoms with Crippen LogP contribution in [0.1, 0.15) is 10.4 Å². The van der Waals surface area contributed by atoms with Crippen molar-refractivity contribution in [1.82, 2.24) is 19.4 Å². The molecule has 1 aliphatic heterocycles. The second kappa shape index (κ2) is 7.06. The van der Waals surface area contributed by atoms with Crippen molar-refractivity contribution in [2.45, 2.75) is 4.90 Å². The summed E-state index contributed by atoms with van der Waals surface area (Å²) in [5.74, 6) is -0.120. The third-order valence-electron chi connectivity index (χ3n) is 4.68. The molecule has 1 saturated heterocycles. The number of nitrogens with one attached hydrogen (secondary N) is 1. The minimum absolute atomic E-state index is 0.120. The van der Waals surface area contributed by atoms with Crippen molar-refractivity contribution in [1.29, 1.82) is 0 Å². The molecule has 2 aromatic carbocycles. The molecular formula is C18H17BrN4O3S. The Morgan fingerprint density at radius 1 is 1.04 bits per heavy atom. The number of hydrogen-bond donors (Lipinski definition) is 1. The van der Waals surface area contributed by atoms with Crippen LogP contribution in [0.15, 0.2) is 58.0 Å². The molecule has 140 valence electrons. The number of piperazine rings is 1. The second-order valence-electron chi connectivity index (χ2n) is 6.29. The molecule has 0 radical (unpaired) electrons. The van der Waals surface area contributed by atoms with Crippen LogP contribution in [0.2, 0.25) is 0 Å². The first kappa shape index (κ1) is 18.1. The molecular weight excluding hydrogens is 432 g/mol. The summed E-state index contributed by atoms with van der Waals surface area (Å²) in [6, 6.07) is 12.0. The smallest absolute Gasteiger partial charge is 0.256 e. The summed E-state index contributed by atoms with van der Waals surface area (Å²) < 4.78 is 27.8. The zero-order valence-corrected chi connectivity index (χ0v) is 16.7. The molecule has 1 aromatic heterocycles. The molecule has 7 nitrogen and oxygen atoms in total. The summed E-state index contributed by atoms with van der Waals surface area (Å²) in [6.45, 7) is 1.23. The zero-order chi connectivity index (χ0) is 19.0. The van der Waals surface area contributed by atoms with Gasteiger partial charge in [-0.25, -0.2) is 8.42 Å². The van der Waals surface area contributed by atoms with E-state index >= 15 is 0 Å². The Morgan fingerprint density at radius 3 is 2.44 bits per heavy atom. The second-order valence-corrected chi connectivity index (χ2v) is 9.14. The van der Waals surface area contributed by atoms with Gasteiger partial charge in [0, 0.05) is 36.0 Å². The molecule has 0 spiro atoms. The van der Waals surface area contributed by atoms with Gasteiger partial charge in [0.15, 0.2) is 0 Å². The van der Waals surface area contributed by atoms with Crippen LogP contribution in [0.4, 0.5) is 0 Å². The first-order chi connectivity index (χ1) is 13.0. The molecule has 0 saturated carbocycles. The van der Waals surface area contributed by atoms with Gasteiger partial charge in [0.25, 0.3) is 5.91 Å². The lowest BCUT2D eigenvalue weighted by Crippen LogP contribution is -2.50. The number of benzene rings is 2. The molecule has 2 heterocycles. The fraction of sp³-hybridized carbons (Fsp3) is 0.222. The first-order valence-corrected chi connectivity index (χ1v) is 10.7. The Bertz CT molecular complexity index is 1090. The lowest BCUT2D eigenvalue weighted by molar-refractivity contribution is 0.0699. The minimum Gasteiger partial charge on any atom is -0.336 e. The van der Waals surface area contributed by atoms with Gasteiger partial charge < -0.3 is 4.90 Å². The predicted octanol–water partition coefficient (Wildman–Crippen LogP) is 2.47. The van der Waals surface area contributed by atoms with E-state index in [-0.39, 0.29) is 23.9 Å². The molecule has 0 bridgehead atoms. The third-order valence-corrected chi connectivity index (χ3v) is 7.13. The van der Waals surface area contributed by atoms with E-state index in [0.29, 0.717) is 24.2 Å². The topological polar surface area (TPSA) is 86.4 Å². The summed E-state index contributed by atoms with van der Waals surface area (Å²) in [6.07, 6.45) is 1.68. The number of H-pyrrole nitrogens is 1. The molecule has 0 atom stereocenters. The highest BCUT2D eigenvalue weighted by molar-refractivity contribution is 9.10. The summed E-state index contributed by atoms with van der Waals surface area (Å²) in [4.78, 5) is 14.8. The zero-order valence-electron chi connectivity index (χ0n) is 14.3. The fourth-order valence-corrected chi connectivity index (χ4v) is 4.89. The quantitative estimate of drug-likeness (QED) is 0.666. The number of aromatic nitrogens is 2. The van der Waals surface area contributed by atoms with Gasteiger partial charge in [-0.1, -0.05) is 28.1 Å². The van der Waals surface area contributed by atoms with E-state index in [9.17, 15) is 13.2 Å². The van der Waals surface area contributed by atoms with Gasteiger partial charge in [-0.05, 0) is 30.3 Å². The Hall–Kier alpha value is -2.23. The number of aromatic amines is 1. The van der Waals surface area contributed by atoms with Crippen LogP contribution in [0, 0.1) is 0 Å². The maximum absolute atomic E-state index is 12.9. The molecule has 1 N–H and O–H groups in total. The van der Waals surface area contributed by atoms with Gasteiger partial charge in [0.1, 0.15) is 0 Å². The highest BCUT2D eigenvalue weighted by Gasteiger charge is 2.30. The molecule has 27 heavy (non-hydrogen) atoms. The number of para-hydroxylation sites is 1. The average Bonchev–Trinajstić information content (AvgIpc) is 3.17. The highest BCUT2D eigenvalue weighted by Crippen LogP contribution is 2.22. The highest BCUT2D eigenvalue weighted by atomic mass is 79.9. The van der Waals surface area contributed by atoms with Gasteiger partial charge in [-0.15, -0.1) is 0 Å². The number of hydrogen-bond acceptors (Lipinski definition) is 4. The minimum atomic E-state index is -3.56. The molecule has 4 rings (SSSR count).